The average Bonchev–Trinajstić information content (AvgIpc) is 2.60. The Labute approximate surface area is 154 Å². The summed E-state index contributed by atoms with van der Waals surface area (Å²) in [6.07, 6.45) is 3.15. The Kier molecular flexibility index (Phi) is 5.68. The van der Waals surface area contributed by atoms with Crippen LogP contribution in [0.5, 0.6) is 0 Å². The predicted octanol–water partition coefficient (Wildman–Crippen LogP) is 3.01. The molecule has 0 spiro atoms. The van der Waals surface area contributed by atoms with E-state index < -0.39 is 0 Å². The number of nitrogens with two attached hydrogens (primary N) is 1. The molecular formula is C21H25N3O2. The molecule has 0 saturated heterocycles. The first-order valence-corrected chi connectivity index (χ1v) is 9.01. The van der Waals surface area contributed by atoms with E-state index in [2.05, 4.69) is 11.4 Å². The lowest BCUT2D eigenvalue weighted by Crippen LogP contribution is -2.32. The summed E-state index contributed by atoms with van der Waals surface area (Å²) in [6.45, 7) is 0.545. The van der Waals surface area contributed by atoms with Crippen molar-refractivity contribution in [3.8, 4) is 11.1 Å². The number of rotatable bonds is 6. The maximum absolute atomic E-state index is 12.0. The topological polar surface area (TPSA) is 75.4 Å². The van der Waals surface area contributed by atoms with Crippen molar-refractivity contribution < 1.29 is 9.59 Å². The quantitative estimate of drug-likeness (QED) is 0.840. The molecule has 136 valence electrons. The summed E-state index contributed by atoms with van der Waals surface area (Å²) >= 11 is 0. The molecule has 5 heteroatoms. The molecule has 0 heterocycles. The van der Waals surface area contributed by atoms with Crippen molar-refractivity contribution in [1.29, 1.82) is 0 Å². The van der Waals surface area contributed by atoms with Crippen LogP contribution in [-0.4, -0.2) is 30.3 Å². The van der Waals surface area contributed by atoms with Crippen LogP contribution in [0, 0.1) is 5.92 Å². The van der Waals surface area contributed by atoms with Crippen LogP contribution >= 0.6 is 0 Å². The monoisotopic (exact) mass is 351 g/mol. The number of hydrogen-bond donors (Lipinski definition) is 2. The van der Waals surface area contributed by atoms with Gasteiger partial charge in [-0.3, -0.25) is 9.59 Å². The second-order valence-corrected chi connectivity index (χ2v) is 6.85. The van der Waals surface area contributed by atoms with Crippen LogP contribution in [0.3, 0.4) is 0 Å². The van der Waals surface area contributed by atoms with Gasteiger partial charge in [0.05, 0.1) is 6.54 Å². The Hall–Kier alpha value is -2.66. The van der Waals surface area contributed by atoms with Gasteiger partial charge in [-0.15, -0.1) is 0 Å². The van der Waals surface area contributed by atoms with Crippen molar-refractivity contribution in [2.75, 3.05) is 18.9 Å². The van der Waals surface area contributed by atoms with Crippen molar-refractivity contribution in [2.45, 2.75) is 25.8 Å². The van der Waals surface area contributed by atoms with E-state index in [4.69, 9.17) is 5.73 Å². The van der Waals surface area contributed by atoms with Gasteiger partial charge in [0.25, 0.3) is 0 Å². The standard InChI is InChI=1S/C21H25N3O2/c1-24(20(25)13-22)14-15-4-2-7-18(12-15)16-8-10-19(11-9-16)23-21(26)17-5-3-6-17/h2,4,7-12,17H,3,5-6,13-14,22H2,1H3,(H,23,26). The molecule has 1 aliphatic rings. The second kappa shape index (κ2) is 8.15. The Morgan fingerprint density at radius 1 is 1.12 bits per heavy atom. The van der Waals surface area contributed by atoms with E-state index in [0.717, 1.165) is 41.6 Å². The van der Waals surface area contributed by atoms with E-state index in [-0.39, 0.29) is 24.3 Å². The van der Waals surface area contributed by atoms with E-state index in [1.54, 1.807) is 11.9 Å². The smallest absolute Gasteiger partial charge is 0.236 e. The van der Waals surface area contributed by atoms with E-state index in [9.17, 15) is 9.59 Å². The zero-order chi connectivity index (χ0) is 18.5. The molecule has 3 rings (SSSR count). The van der Waals surface area contributed by atoms with Crippen LogP contribution in [0.25, 0.3) is 11.1 Å². The normalized spacial score (nSPS) is 13.8. The van der Waals surface area contributed by atoms with Crippen molar-refractivity contribution in [2.24, 2.45) is 11.7 Å². The van der Waals surface area contributed by atoms with Gasteiger partial charge in [0.15, 0.2) is 0 Å². The summed E-state index contributed by atoms with van der Waals surface area (Å²) in [5, 5.41) is 2.98. The number of nitrogens with one attached hydrogen (secondary N) is 1. The number of hydrogen-bond acceptors (Lipinski definition) is 3. The number of nitrogens with zero attached hydrogens (tertiary/aromatic N) is 1. The highest BCUT2D eigenvalue weighted by atomic mass is 16.2. The van der Waals surface area contributed by atoms with Crippen LogP contribution in [0.4, 0.5) is 5.69 Å². The van der Waals surface area contributed by atoms with Crippen molar-refractivity contribution in [3.63, 3.8) is 0 Å². The number of benzene rings is 2. The van der Waals surface area contributed by atoms with Gasteiger partial charge in [-0.2, -0.15) is 0 Å². The minimum absolute atomic E-state index is 0.0181. The molecule has 5 nitrogen and oxygen atoms in total. The lowest BCUT2D eigenvalue weighted by Gasteiger charge is -2.24. The predicted molar refractivity (Wildman–Crippen MR) is 103 cm³/mol. The summed E-state index contributed by atoms with van der Waals surface area (Å²) in [6, 6.07) is 16.0. The SMILES string of the molecule is CN(Cc1cccc(-c2ccc(NC(=O)C3CCC3)cc2)c1)C(=O)CN. The summed E-state index contributed by atoms with van der Waals surface area (Å²) < 4.78 is 0. The molecule has 3 N–H and O–H groups in total. The number of amides is 2. The maximum atomic E-state index is 12.0. The summed E-state index contributed by atoms with van der Waals surface area (Å²) in [5.41, 5.74) is 9.43. The molecule has 2 aromatic carbocycles. The van der Waals surface area contributed by atoms with Gasteiger partial charge < -0.3 is 16.0 Å². The zero-order valence-corrected chi connectivity index (χ0v) is 15.1. The number of likely N-dealkylation sites (N-methyl/N-ethyl adjacent to an activating group) is 1. The minimum atomic E-state index is -0.0815. The molecule has 1 fully saturated rings. The van der Waals surface area contributed by atoms with Crippen molar-refractivity contribution in [3.05, 3.63) is 54.1 Å². The van der Waals surface area contributed by atoms with Gasteiger partial charge in [0.2, 0.25) is 11.8 Å². The van der Waals surface area contributed by atoms with Crippen LogP contribution in [0.1, 0.15) is 24.8 Å². The molecular weight excluding hydrogens is 326 g/mol. The molecule has 2 amide bonds. The van der Waals surface area contributed by atoms with E-state index in [0.29, 0.717) is 6.54 Å². The van der Waals surface area contributed by atoms with Crippen LogP contribution < -0.4 is 11.1 Å². The van der Waals surface area contributed by atoms with Gasteiger partial charge in [0.1, 0.15) is 0 Å². The first-order chi connectivity index (χ1) is 12.6. The van der Waals surface area contributed by atoms with Crippen molar-refractivity contribution in [1.82, 2.24) is 4.90 Å². The third-order valence-corrected chi connectivity index (χ3v) is 4.91. The molecule has 26 heavy (non-hydrogen) atoms. The maximum Gasteiger partial charge on any atom is 0.236 e. The van der Waals surface area contributed by atoms with Crippen LogP contribution in [0.2, 0.25) is 0 Å². The summed E-state index contributed by atoms with van der Waals surface area (Å²) in [5.74, 6) is 0.222. The largest absolute Gasteiger partial charge is 0.340 e. The lowest BCUT2D eigenvalue weighted by atomic mass is 9.85. The Morgan fingerprint density at radius 3 is 2.46 bits per heavy atom. The average molecular weight is 351 g/mol. The molecule has 1 aliphatic carbocycles. The highest BCUT2D eigenvalue weighted by molar-refractivity contribution is 5.93. The fourth-order valence-electron chi connectivity index (χ4n) is 3.03. The van der Waals surface area contributed by atoms with E-state index in [1.807, 2.05) is 42.5 Å². The summed E-state index contributed by atoms with van der Waals surface area (Å²) in [7, 11) is 1.75. The Balaban J connectivity index is 1.67. The fourth-order valence-corrected chi connectivity index (χ4v) is 3.03. The molecule has 1 saturated carbocycles. The van der Waals surface area contributed by atoms with E-state index in [1.165, 1.54) is 0 Å². The Bertz CT molecular complexity index is 782. The highest BCUT2D eigenvalue weighted by Gasteiger charge is 2.25. The third kappa shape index (κ3) is 4.29. The highest BCUT2D eigenvalue weighted by Crippen LogP contribution is 2.28. The van der Waals surface area contributed by atoms with Gasteiger partial charge in [0, 0.05) is 25.2 Å². The zero-order valence-electron chi connectivity index (χ0n) is 15.1. The molecule has 0 atom stereocenters. The molecule has 0 unspecified atom stereocenters. The first-order valence-electron chi connectivity index (χ1n) is 9.01. The number of carbonyl (C=O) groups is 2. The number of anilines is 1. The molecule has 0 aliphatic heterocycles. The third-order valence-electron chi connectivity index (χ3n) is 4.91. The lowest BCUT2D eigenvalue weighted by molar-refractivity contribution is -0.128. The van der Waals surface area contributed by atoms with Gasteiger partial charge in [-0.25, -0.2) is 0 Å². The minimum Gasteiger partial charge on any atom is -0.340 e. The van der Waals surface area contributed by atoms with Crippen molar-refractivity contribution >= 4 is 17.5 Å². The first kappa shape index (κ1) is 18.1. The van der Waals surface area contributed by atoms with Gasteiger partial charge >= 0.3 is 0 Å². The molecule has 0 radical (unpaired) electrons. The van der Waals surface area contributed by atoms with E-state index >= 15 is 0 Å². The second-order valence-electron chi connectivity index (χ2n) is 6.85. The van der Waals surface area contributed by atoms with Crippen LogP contribution in [-0.2, 0) is 16.1 Å². The van der Waals surface area contributed by atoms with Gasteiger partial charge in [-0.05, 0) is 47.7 Å². The Morgan fingerprint density at radius 2 is 1.85 bits per heavy atom. The molecule has 0 aromatic heterocycles. The van der Waals surface area contributed by atoms with Gasteiger partial charge in [-0.1, -0.05) is 36.8 Å². The molecule has 2 aromatic rings. The summed E-state index contributed by atoms with van der Waals surface area (Å²) in [4.78, 5) is 25.3. The fraction of sp³-hybridized carbons (Fsp3) is 0.333. The van der Waals surface area contributed by atoms with Crippen LogP contribution in [0.15, 0.2) is 48.5 Å². The molecule has 0 bridgehead atoms. The number of carbonyl (C=O) groups excluding carboxylic acids is 2.